The van der Waals surface area contributed by atoms with Crippen molar-refractivity contribution in [1.82, 2.24) is 9.79 Å². The van der Waals surface area contributed by atoms with E-state index in [0.717, 1.165) is 9.87 Å². The van der Waals surface area contributed by atoms with Crippen molar-refractivity contribution in [2.75, 3.05) is 20.4 Å². The molecule has 37 heavy (non-hydrogen) atoms. The summed E-state index contributed by atoms with van der Waals surface area (Å²) in [6.45, 7) is -0.255. The van der Waals surface area contributed by atoms with Crippen molar-refractivity contribution in [2.24, 2.45) is 0 Å². The van der Waals surface area contributed by atoms with Crippen molar-refractivity contribution in [3.63, 3.8) is 0 Å². The smallest absolute Gasteiger partial charge is 0.262 e. The Morgan fingerprint density at radius 2 is 1.68 bits per heavy atom. The molecule has 1 atom stereocenters. The van der Waals surface area contributed by atoms with Crippen molar-refractivity contribution < 1.29 is 32.3 Å². The predicted molar refractivity (Wildman–Crippen MR) is 137 cm³/mol. The van der Waals surface area contributed by atoms with E-state index in [2.05, 4.69) is 0 Å². The molecule has 0 fully saturated rings. The lowest BCUT2D eigenvalue weighted by molar-refractivity contribution is -0.133. The second-order valence-corrected chi connectivity index (χ2v) is 10.2. The van der Waals surface area contributed by atoms with Gasteiger partial charge < -0.3 is 9.47 Å². The van der Waals surface area contributed by atoms with Crippen LogP contribution in [-0.2, 0) is 27.8 Å². The molecule has 0 radical (unpaired) electrons. The molecule has 3 aromatic rings. The minimum Gasteiger partial charge on any atom is -0.497 e. The highest BCUT2D eigenvalue weighted by atomic mass is 32.2. The molecule has 198 valence electrons. The highest BCUT2D eigenvalue weighted by Gasteiger charge is 2.36. The molecule has 3 rings (SSSR count). The summed E-state index contributed by atoms with van der Waals surface area (Å²) < 4.78 is 52.0. The molecule has 3 aromatic carbocycles. The van der Waals surface area contributed by atoms with Gasteiger partial charge in [-0.3, -0.25) is 14.4 Å². The summed E-state index contributed by atoms with van der Waals surface area (Å²) in [6.07, 6.45) is 0.968. The molecule has 0 aliphatic heterocycles. The number of halogens is 1. The number of hydroxylamine groups is 1. The molecule has 10 heteroatoms. The molecule has 2 N–H and O–H groups in total. The Bertz CT molecular complexity index is 1240. The van der Waals surface area contributed by atoms with Crippen LogP contribution in [0.25, 0.3) is 0 Å². The first-order valence-electron chi connectivity index (χ1n) is 11.8. The average molecular weight is 531 g/mol. The van der Waals surface area contributed by atoms with Gasteiger partial charge in [0.2, 0.25) is 10.0 Å². The molecule has 0 unspecified atom stereocenters. The van der Waals surface area contributed by atoms with E-state index in [0.29, 0.717) is 36.5 Å². The summed E-state index contributed by atoms with van der Waals surface area (Å²) >= 11 is 0. The maximum absolute atomic E-state index is 13.9. The summed E-state index contributed by atoms with van der Waals surface area (Å²) in [6, 6.07) is 20.4. The number of ether oxygens (including phenoxy) is 2. The van der Waals surface area contributed by atoms with Gasteiger partial charge in [0.1, 0.15) is 17.5 Å². The van der Waals surface area contributed by atoms with Gasteiger partial charge >= 0.3 is 0 Å². The molecule has 0 aromatic heterocycles. The van der Waals surface area contributed by atoms with Crippen LogP contribution >= 0.6 is 0 Å². The second-order valence-electron chi connectivity index (χ2n) is 8.30. The van der Waals surface area contributed by atoms with Crippen LogP contribution in [0.4, 0.5) is 4.39 Å². The third-order valence-electron chi connectivity index (χ3n) is 5.73. The summed E-state index contributed by atoms with van der Waals surface area (Å²) in [5.74, 6) is 0.129. The van der Waals surface area contributed by atoms with E-state index in [1.54, 1.807) is 54.0 Å². The molecular formula is C27H31FN2O6S. The lowest BCUT2D eigenvalue weighted by atomic mass is 10.0. The molecule has 1 amide bonds. The van der Waals surface area contributed by atoms with E-state index in [1.165, 1.54) is 31.4 Å². The third kappa shape index (κ3) is 7.75. The first-order chi connectivity index (χ1) is 17.9. The number of methoxy groups -OCH3 is 1. The highest BCUT2D eigenvalue weighted by molar-refractivity contribution is 7.89. The number of amides is 1. The second kappa shape index (κ2) is 13.7. The average Bonchev–Trinajstić information content (AvgIpc) is 2.93. The minimum atomic E-state index is -4.22. The van der Waals surface area contributed by atoms with Crippen LogP contribution in [0.5, 0.6) is 11.5 Å². The monoisotopic (exact) mass is 530 g/mol. The van der Waals surface area contributed by atoms with Gasteiger partial charge in [-0.15, -0.1) is 0 Å². The fourth-order valence-electron chi connectivity index (χ4n) is 3.78. The molecule has 0 heterocycles. The maximum Gasteiger partial charge on any atom is 0.262 e. The molecule has 0 aliphatic rings. The van der Waals surface area contributed by atoms with Crippen LogP contribution in [0.15, 0.2) is 83.8 Å². The summed E-state index contributed by atoms with van der Waals surface area (Å²) in [5, 5.41) is 9.49. The van der Waals surface area contributed by atoms with Crippen LogP contribution in [-0.4, -0.2) is 50.3 Å². The number of nitrogens with one attached hydrogen (secondary N) is 1. The zero-order chi connectivity index (χ0) is 26.7. The molecule has 0 saturated carbocycles. The number of hydrogen-bond acceptors (Lipinski definition) is 6. The first kappa shape index (κ1) is 28.1. The van der Waals surface area contributed by atoms with E-state index < -0.39 is 28.6 Å². The number of sulfonamides is 1. The zero-order valence-electron chi connectivity index (χ0n) is 20.5. The van der Waals surface area contributed by atoms with Gasteiger partial charge in [-0.1, -0.05) is 42.5 Å². The van der Waals surface area contributed by atoms with Gasteiger partial charge in [-0.25, -0.2) is 13.9 Å². The number of carbonyl (C=O) groups excluding carboxylic acids is 1. The highest BCUT2D eigenvalue weighted by Crippen LogP contribution is 2.26. The van der Waals surface area contributed by atoms with Crippen molar-refractivity contribution in [1.29, 1.82) is 0 Å². The van der Waals surface area contributed by atoms with E-state index in [1.807, 2.05) is 6.07 Å². The van der Waals surface area contributed by atoms with Crippen molar-refractivity contribution in [3.05, 3.63) is 90.0 Å². The van der Waals surface area contributed by atoms with Gasteiger partial charge in [0, 0.05) is 6.54 Å². The largest absolute Gasteiger partial charge is 0.497 e. The molecule has 8 nitrogen and oxygen atoms in total. The van der Waals surface area contributed by atoms with Crippen LogP contribution in [0.2, 0.25) is 0 Å². The fourth-order valence-corrected chi connectivity index (χ4v) is 5.36. The third-order valence-corrected chi connectivity index (χ3v) is 7.60. The minimum absolute atomic E-state index is 0.0339. The van der Waals surface area contributed by atoms with Crippen LogP contribution < -0.4 is 15.0 Å². The molecular weight excluding hydrogens is 499 g/mol. The number of nitrogens with zero attached hydrogens (tertiary/aromatic N) is 1. The fraction of sp³-hybridized carbons (Fsp3) is 0.296. The van der Waals surface area contributed by atoms with Gasteiger partial charge in [0.25, 0.3) is 5.91 Å². The topological polar surface area (TPSA) is 105 Å². The van der Waals surface area contributed by atoms with E-state index in [9.17, 15) is 22.8 Å². The number of carbonyl (C=O) groups is 1. The van der Waals surface area contributed by atoms with Crippen LogP contribution in [0.1, 0.15) is 24.0 Å². The standard InChI is InChI=1S/C27H31FN2O6S/c1-35-24-11-7-10-22(18-24)20-30(26(27(31)29-32)19-21-8-3-2-4-9-21)37(33,34)25-14-12-23(13-15-25)36-17-6-5-16-28/h2-4,7-15,18,26,32H,5-6,16-17,19-20H2,1H3,(H,29,31)/t26-/m1/s1. The lowest BCUT2D eigenvalue weighted by Gasteiger charge is -2.30. The lowest BCUT2D eigenvalue weighted by Crippen LogP contribution is -2.49. The molecule has 0 spiro atoms. The normalized spacial score (nSPS) is 12.2. The maximum atomic E-state index is 13.9. The van der Waals surface area contributed by atoms with Gasteiger partial charge in [0.05, 0.1) is 25.3 Å². The summed E-state index contributed by atoms with van der Waals surface area (Å²) in [4.78, 5) is 12.8. The van der Waals surface area contributed by atoms with Crippen molar-refractivity contribution in [2.45, 2.75) is 36.7 Å². The number of benzene rings is 3. The number of hydrogen-bond donors (Lipinski definition) is 2. The molecule has 0 aliphatic carbocycles. The van der Waals surface area contributed by atoms with Gasteiger partial charge in [-0.2, -0.15) is 4.31 Å². The Labute approximate surface area is 216 Å². The quantitative estimate of drug-likeness (QED) is 0.185. The Morgan fingerprint density at radius 1 is 0.973 bits per heavy atom. The van der Waals surface area contributed by atoms with Gasteiger partial charge in [-0.05, 0) is 66.8 Å². The molecule has 0 saturated heterocycles. The predicted octanol–water partition coefficient (Wildman–Crippen LogP) is 4.13. The number of unbranched alkanes of at least 4 members (excludes halogenated alkanes) is 1. The van der Waals surface area contributed by atoms with E-state index in [4.69, 9.17) is 9.47 Å². The number of rotatable bonds is 14. The van der Waals surface area contributed by atoms with Crippen molar-refractivity contribution in [3.8, 4) is 11.5 Å². The Balaban J connectivity index is 1.98. The van der Waals surface area contributed by atoms with E-state index >= 15 is 0 Å². The summed E-state index contributed by atoms with van der Waals surface area (Å²) in [7, 11) is -2.72. The van der Waals surface area contributed by atoms with Gasteiger partial charge in [0.15, 0.2) is 0 Å². The van der Waals surface area contributed by atoms with E-state index in [-0.39, 0.29) is 17.9 Å². The Hall–Kier alpha value is -3.47. The Morgan fingerprint density at radius 3 is 2.32 bits per heavy atom. The number of alkyl halides is 1. The van der Waals surface area contributed by atoms with Crippen LogP contribution in [0.3, 0.4) is 0 Å². The van der Waals surface area contributed by atoms with Crippen LogP contribution in [0, 0.1) is 0 Å². The SMILES string of the molecule is COc1cccc(CN([C@H](Cc2ccccc2)C(=O)NO)S(=O)(=O)c2ccc(OCCCCF)cc2)c1. The first-order valence-corrected chi connectivity index (χ1v) is 13.2. The molecule has 0 bridgehead atoms. The van der Waals surface area contributed by atoms with Crippen molar-refractivity contribution >= 4 is 15.9 Å². The summed E-state index contributed by atoms with van der Waals surface area (Å²) in [5.41, 5.74) is 2.94. The Kier molecular flexibility index (Phi) is 10.4. The zero-order valence-corrected chi connectivity index (χ0v) is 21.4.